The minimum atomic E-state index is -0.205. The second-order valence-electron chi connectivity index (χ2n) is 5.77. The Morgan fingerprint density at radius 2 is 1.00 bits per heavy atom. The lowest BCUT2D eigenvalue weighted by atomic mass is 10.2. The fourth-order valence-electron chi connectivity index (χ4n) is 2.13. The van der Waals surface area contributed by atoms with E-state index in [-0.39, 0.29) is 11.9 Å². The Morgan fingerprint density at radius 3 is 1.45 bits per heavy atom. The average molecular weight is 314 g/mol. The zero-order valence-electron chi connectivity index (χ0n) is 14.5. The van der Waals surface area contributed by atoms with Gasteiger partial charge >= 0.3 is 11.9 Å². The molecule has 0 N–H and O–H groups in total. The first-order chi connectivity index (χ1) is 10.7. The maximum absolute atomic E-state index is 11.5. The number of unbranched alkanes of at least 4 members (excludes halogenated alkanes) is 7. The molecule has 0 unspecified atom stereocenters. The van der Waals surface area contributed by atoms with Crippen molar-refractivity contribution >= 4 is 11.9 Å². The van der Waals surface area contributed by atoms with Gasteiger partial charge in [-0.25, -0.2) is 0 Å². The van der Waals surface area contributed by atoms with Gasteiger partial charge in [-0.15, -0.1) is 0 Å². The van der Waals surface area contributed by atoms with Crippen LogP contribution in [0.5, 0.6) is 0 Å². The lowest BCUT2D eigenvalue weighted by molar-refractivity contribution is -0.145. The number of hydrogen-bond acceptors (Lipinski definition) is 4. The molecule has 0 saturated heterocycles. The molecule has 0 rings (SSSR count). The third-order valence-electron chi connectivity index (χ3n) is 3.53. The SMILES string of the molecule is CCCCCCCOC(=O)CCCC(=O)OCCCCCC. The van der Waals surface area contributed by atoms with Gasteiger partial charge in [0.2, 0.25) is 0 Å². The van der Waals surface area contributed by atoms with Crippen LogP contribution in [0.25, 0.3) is 0 Å². The Hall–Kier alpha value is -1.06. The van der Waals surface area contributed by atoms with Crippen molar-refractivity contribution in [3.8, 4) is 0 Å². The summed E-state index contributed by atoms with van der Waals surface area (Å²) in [4.78, 5) is 22.9. The fraction of sp³-hybridized carbons (Fsp3) is 0.889. The molecule has 130 valence electrons. The molecule has 0 aliphatic rings. The fourth-order valence-corrected chi connectivity index (χ4v) is 2.13. The Labute approximate surface area is 135 Å². The van der Waals surface area contributed by atoms with E-state index in [0.717, 1.165) is 25.7 Å². The molecule has 4 heteroatoms. The second kappa shape index (κ2) is 16.3. The number of ether oxygens (including phenoxy) is 2. The lowest BCUT2D eigenvalue weighted by Gasteiger charge is -2.06. The molecule has 0 radical (unpaired) electrons. The molecule has 0 aliphatic heterocycles. The standard InChI is InChI=1S/C18H34O4/c1-3-5-7-9-11-16-22-18(20)14-12-13-17(19)21-15-10-8-6-4-2/h3-16H2,1-2H3. The van der Waals surface area contributed by atoms with Crippen molar-refractivity contribution in [3.63, 3.8) is 0 Å². The van der Waals surface area contributed by atoms with Crippen molar-refractivity contribution in [3.05, 3.63) is 0 Å². The van der Waals surface area contributed by atoms with Crippen LogP contribution in [-0.4, -0.2) is 25.2 Å². The maximum Gasteiger partial charge on any atom is 0.305 e. The van der Waals surface area contributed by atoms with Gasteiger partial charge in [0.05, 0.1) is 13.2 Å². The van der Waals surface area contributed by atoms with Crippen molar-refractivity contribution in [2.45, 2.75) is 90.9 Å². The normalized spacial score (nSPS) is 10.5. The van der Waals surface area contributed by atoms with Gasteiger partial charge in [0, 0.05) is 12.8 Å². The molecule has 0 atom stereocenters. The van der Waals surface area contributed by atoms with E-state index in [2.05, 4.69) is 13.8 Å². The van der Waals surface area contributed by atoms with Crippen LogP contribution in [0.2, 0.25) is 0 Å². The first-order valence-electron chi connectivity index (χ1n) is 9.02. The molecule has 0 aliphatic carbocycles. The van der Waals surface area contributed by atoms with Crippen molar-refractivity contribution in [2.24, 2.45) is 0 Å². The van der Waals surface area contributed by atoms with Crippen LogP contribution in [0, 0.1) is 0 Å². The molecular weight excluding hydrogens is 280 g/mol. The molecular formula is C18H34O4. The van der Waals surface area contributed by atoms with Crippen LogP contribution in [-0.2, 0) is 19.1 Å². The number of rotatable bonds is 15. The molecule has 0 saturated carbocycles. The van der Waals surface area contributed by atoms with Crippen LogP contribution in [0.4, 0.5) is 0 Å². The Kier molecular flexibility index (Phi) is 15.5. The smallest absolute Gasteiger partial charge is 0.305 e. The summed E-state index contributed by atoms with van der Waals surface area (Å²) in [5, 5.41) is 0. The molecule has 0 aromatic carbocycles. The van der Waals surface area contributed by atoms with E-state index in [4.69, 9.17) is 9.47 Å². The van der Waals surface area contributed by atoms with Crippen molar-refractivity contribution in [1.82, 2.24) is 0 Å². The first-order valence-corrected chi connectivity index (χ1v) is 9.02. The summed E-state index contributed by atoms with van der Waals surface area (Å²) in [6.07, 6.45) is 11.2. The quantitative estimate of drug-likeness (QED) is 0.322. The number of carbonyl (C=O) groups excluding carboxylic acids is 2. The van der Waals surface area contributed by atoms with E-state index in [1.165, 1.54) is 32.1 Å². The Balaban J connectivity index is 3.34. The summed E-state index contributed by atoms with van der Waals surface area (Å²) in [5.74, 6) is -0.407. The van der Waals surface area contributed by atoms with E-state index in [1.54, 1.807) is 0 Å². The van der Waals surface area contributed by atoms with Gasteiger partial charge in [-0.1, -0.05) is 58.8 Å². The average Bonchev–Trinajstić information content (AvgIpc) is 2.50. The van der Waals surface area contributed by atoms with E-state index in [0.29, 0.717) is 32.5 Å². The molecule has 0 heterocycles. The van der Waals surface area contributed by atoms with E-state index < -0.39 is 0 Å². The molecule has 0 fully saturated rings. The molecule has 22 heavy (non-hydrogen) atoms. The monoisotopic (exact) mass is 314 g/mol. The predicted molar refractivity (Wildman–Crippen MR) is 88.7 cm³/mol. The maximum atomic E-state index is 11.5. The summed E-state index contributed by atoms with van der Waals surface area (Å²) in [5.41, 5.74) is 0. The molecule has 0 amide bonds. The van der Waals surface area contributed by atoms with E-state index in [1.807, 2.05) is 0 Å². The molecule has 0 spiro atoms. The highest BCUT2D eigenvalue weighted by atomic mass is 16.5. The van der Waals surface area contributed by atoms with Gasteiger partial charge in [0.25, 0.3) is 0 Å². The summed E-state index contributed by atoms with van der Waals surface area (Å²) in [6.45, 7) is 5.33. The molecule has 4 nitrogen and oxygen atoms in total. The zero-order valence-corrected chi connectivity index (χ0v) is 14.5. The highest BCUT2D eigenvalue weighted by Crippen LogP contribution is 2.05. The van der Waals surface area contributed by atoms with Gasteiger partial charge in [0.15, 0.2) is 0 Å². The molecule has 0 aromatic rings. The van der Waals surface area contributed by atoms with Crippen LogP contribution >= 0.6 is 0 Å². The molecule has 0 bridgehead atoms. The largest absolute Gasteiger partial charge is 0.466 e. The van der Waals surface area contributed by atoms with Gasteiger partial charge < -0.3 is 9.47 Å². The Bertz CT molecular complexity index is 276. The zero-order chi connectivity index (χ0) is 16.5. The highest BCUT2D eigenvalue weighted by molar-refractivity contribution is 5.72. The van der Waals surface area contributed by atoms with Crippen LogP contribution in [0.3, 0.4) is 0 Å². The van der Waals surface area contributed by atoms with Crippen LogP contribution < -0.4 is 0 Å². The minimum absolute atomic E-state index is 0.203. The topological polar surface area (TPSA) is 52.6 Å². The third kappa shape index (κ3) is 15.3. The van der Waals surface area contributed by atoms with Gasteiger partial charge in [-0.2, -0.15) is 0 Å². The van der Waals surface area contributed by atoms with Crippen molar-refractivity contribution < 1.29 is 19.1 Å². The number of carbonyl (C=O) groups is 2. The summed E-state index contributed by atoms with van der Waals surface area (Å²) >= 11 is 0. The summed E-state index contributed by atoms with van der Waals surface area (Å²) < 4.78 is 10.3. The first kappa shape index (κ1) is 20.9. The highest BCUT2D eigenvalue weighted by Gasteiger charge is 2.07. The number of hydrogen-bond donors (Lipinski definition) is 0. The van der Waals surface area contributed by atoms with E-state index in [9.17, 15) is 9.59 Å². The predicted octanol–water partition coefficient (Wildman–Crippen LogP) is 4.79. The van der Waals surface area contributed by atoms with Gasteiger partial charge in [-0.05, 0) is 19.3 Å². The Morgan fingerprint density at radius 1 is 0.591 bits per heavy atom. The van der Waals surface area contributed by atoms with Gasteiger partial charge in [0.1, 0.15) is 0 Å². The lowest BCUT2D eigenvalue weighted by Crippen LogP contribution is -2.09. The number of esters is 2. The van der Waals surface area contributed by atoms with Crippen molar-refractivity contribution in [1.29, 1.82) is 0 Å². The minimum Gasteiger partial charge on any atom is -0.466 e. The third-order valence-corrected chi connectivity index (χ3v) is 3.53. The van der Waals surface area contributed by atoms with Crippen LogP contribution in [0.15, 0.2) is 0 Å². The molecule has 0 aromatic heterocycles. The second-order valence-corrected chi connectivity index (χ2v) is 5.77. The van der Waals surface area contributed by atoms with Gasteiger partial charge in [-0.3, -0.25) is 9.59 Å². The van der Waals surface area contributed by atoms with Crippen LogP contribution in [0.1, 0.15) is 90.9 Å². The summed E-state index contributed by atoms with van der Waals surface area (Å²) in [7, 11) is 0. The van der Waals surface area contributed by atoms with Crippen molar-refractivity contribution in [2.75, 3.05) is 13.2 Å². The van der Waals surface area contributed by atoms with E-state index >= 15 is 0 Å². The summed E-state index contributed by atoms with van der Waals surface area (Å²) in [6, 6.07) is 0.